The SMILES string of the molecule is CCNC(c1cc(C)sc1C)C(C)c1ccccc1. The average molecular weight is 273 g/mol. The zero-order chi connectivity index (χ0) is 13.8. The summed E-state index contributed by atoms with van der Waals surface area (Å²) in [6, 6.07) is 13.5. The molecule has 2 aromatic rings. The zero-order valence-electron chi connectivity index (χ0n) is 12.2. The van der Waals surface area contributed by atoms with Gasteiger partial charge in [0.25, 0.3) is 0 Å². The van der Waals surface area contributed by atoms with Gasteiger partial charge >= 0.3 is 0 Å². The molecule has 0 aliphatic rings. The Morgan fingerprint density at radius 2 is 1.84 bits per heavy atom. The van der Waals surface area contributed by atoms with Gasteiger partial charge in [-0.05, 0) is 37.6 Å². The summed E-state index contributed by atoms with van der Waals surface area (Å²) in [6.45, 7) is 9.91. The van der Waals surface area contributed by atoms with E-state index in [-0.39, 0.29) is 0 Å². The van der Waals surface area contributed by atoms with Gasteiger partial charge in [-0.25, -0.2) is 0 Å². The van der Waals surface area contributed by atoms with E-state index in [9.17, 15) is 0 Å². The van der Waals surface area contributed by atoms with Crippen molar-refractivity contribution in [3.05, 3.63) is 57.3 Å². The van der Waals surface area contributed by atoms with Crippen LogP contribution in [-0.2, 0) is 0 Å². The normalized spacial score (nSPS) is 14.3. The van der Waals surface area contributed by atoms with E-state index in [0.29, 0.717) is 12.0 Å². The van der Waals surface area contributed by atoms with Gasteiger partial charge in [0.05, 0.1) is 0 Å². The molecular formula is C17H23NS. The second-order valence-electron chi connectivity index (χ2n) is 5.10. The Kier molecular flexibility index (Phi) is 4.78. The molecule has 1 heterocycles. The van der Waals surface area contributed by atoms with Crippen molar-refractivity contribution in [3.8, 4) is 0 Å². The Morgan fingerprint density at radius 3 is 2.37 bits per heavy atom. The van der Waals surface area contributed by atoms with Crippen LogP contribution >= 0.6 is 11.3 Å². The monoisotopic (exact) mass is 273 g/mol. The van der Waals surface area contributed by atoms with Gasteiger partial charge < -0.3 is 5.32 Å². The first-order chi connectivity index (χ1) is 9.13. The Hall–Kier alpha value is -1.12. The molecule has 2 heteroatoms. The van der Waals surface area contributed by atoms with Crippen LogP contribution in [0.2, 0.25) is 0 Å². The highest BCUT2D eigenvalue weighted by molar-refractivity contribution is 7.12. The first kappa shape index (κ1) is 14.3. The molecule has 2 unspecified atom stereocenters. The van der Waals surface area contributed by atoms with E-state index in [1.165, 1.54) is 20.9 Å². The molecular weight excluding hydrogens is 250 g/mol. The number of nitrogens with one attached hydrogen (secondary N) is 1. The van der Waals surface area contributed by atoms with Crippen molar-refractivity contribution in [2.75, 3.05) is 6.54 Å². The predicted octanol–water partition coefficient (Wildman–Crippen LogP) is 4.82. The van der Waals surface area contributed by atoms with Crippen LogP contribution in [0.4, 0.5) is 0 Å². The molecule has 0 aliphatic heterocycles. The summed E-state index contributed by atoms with van der Waals surface area (Å²) >= 11 is 1.90. The lowest BCUT2D eigenvalue weighted by molar-refractivity contribution is 0.479. The van der Waals surface area contributed by atoms with Crippen molar-refractivity contribution in [2.24, 2.45) is 0 Å². The third-order valence-corrected chi connectivity index (χ3v) is 4.65. The predicted molar refractivity (Wildman–Crippen MR) is 85.1 cm³/mol. The summed E-state index contributed by atoms with van der Waals surface area (Å²) in [5, 5.41) is 3.66. The van der Waals surface area contributed by atoms with Crippen LogP contribution in [0, 0.1) is 13.8 Å². The maximum atomic E-state index is 3.66. The van der Waals surface area contributed by atoms with E-state index in [0.717, 1.165) is 6.54 Å². The Labute approximate surface area is 120 Å². The lowest BCUT2D eigenvalue weighted by Gasteiger charge is -2.25. The molecule has 0 bridgehead atoms. The molecule has 1 N–H and O–H groups in total. The van der Waals surface area contributed by atoms with Crippen LogP contribution in [0.5, 0.6) is 0 Å². The van der Waals surface area contributed by atoms with Gasteiger partial charge in [-0.2, -0.15) is 0 Å². The van der Waals surface area contributed by atoms with E-state index < -0.39 is 0 Å². The van der Waals surface area contributed by atoms with Gasteiger partial charge in [0.15, 0.2) is 0 Å². The summed E-state index contributed by atoms with van der Waals surface area (Å²) in [4.78, 5) is 2.84. The highest BCUT2D eigenvalue weighted by atomic mass is 32.1. The van der Waals surface area contributed by atoms with Gasteiger partial charge in [-0.1, -0.05) is 44.2 Å². The van der Waals surface area contributed by atoms with E-state index in [1.54, 1.807) is 0 Å². The van der Waals surface area contributed by atoms with Gasteiger partial charge in [0.2, 0.25) is 0 Å². The Morgan fingerprint density at radius 1 is 1.16 bits per heavy atom. The van der Waals surface area contributed by atoms with Crippen LogP contribution in [-0.4, -0.2) is 6.54 Å². The molecule has 19 heavy (non-hydrogen) atoms. The van der Waals surface area contributed by atoms with Crippen LogP contribution in [0.15, 0.2) is 36.4 Å². The Balaban J connectivity index is 2.32. The van der Waals surface area contributed by atoms with Crippen LogP contribution in [0.1, 0.15) is 46.7 Å². The number of benzene rings is 1. The lowest BCUT2D eigenvalue weighted by atomic mass is 9.88. The standard InChI is InChI=1S/C17H23NS/c1-5-18-17(16-11-12(2)19-14(16)4)13(3)15-9-7-6-8-10-15/h6-11,13,17-18H,5H2,1-4H3. The number of hydrogen-bond acceptors (Lipinski definition) is 2. The molecule has 0 saturated heterocycles. The molecule has 102 valence electrons. The quantitative estimate of drug-likeness (QED) is 0.823. The first-order valence-corrected chi connectivity index (χ1v) is 7.80. The van der Waals surface area contributed by atoms with Crippen molar-refractivity contribution in [1.82, 2.24) is 5.32 Å². The summed E-state index contributed by atoms with van der Waals surface area (Å²) in [7, 11) is 0. The van der Waals surface area contributed by atoms with Crippen LogP contribution < -0.4 is 5.32 Å². The third kappa shape index (κ3) is 3.26. The van der Waals surface area contributed by atoms with E-state index in [2.05, 4.69) is 69.4 Å². The maximum absolute atomic E-state index is 3.66. The molecule has 0 saturated carbocycles. The lowest BCUT2D eigenvalue weighted by Crippen LogP contribution is -2.25. The highest BCUT2D eigenvalue weighted by Gasteiger charge is 2.22. The molecule has 1 aromatic carbocycles. The van der Waals surface area contributed by atoms with E-state index in [1.807, 2.05) is 11.3 Å². The smallest absolute Gasteiger partial charge is 0.0397 e. The van der Waals surface area contributed by atoms with E-state index >= 15 is 0 Å². The second-order valence-corrected chi connectivity index (χ2v) is 6.56. The largest absolute Gasteiger partial charge is 0.310 e. The van der Waals surface area contributed by atoms with Crippen LogP contribution in [0.25, 0.3) is 0 Å². The zero-order valence-corrected chi connectivity index (χ0v) is 13.1. The molecule has 1 nitrogen and oxygen atoms in total. The topological polar surface area (TPSA) is 12.0 Å². The first-order valence-electron chi connectivity index (χ1n) is 6.98. The van der Waals surface area contributed by atoms with Gasteiger partial charge in [-0.15, -0.1) is 11.3 Å². The van der Waals surface area contributed by atoms with Crippen molar-refractivity contribution in [2.45, 2.75) is 39.7 Å². The fraction of sp³-hybridized carbons (Fsp3) is 0.412. The highest BCUT2D eigenvalue weighted by Crippen LogP contribution is 2.35. The summed E-state index contributed by atoms with van der Waals surface area (Å²) in [5.41, 5.74) is 2.86. The minimum Gasteiger partial charge on any atom is -0.310 e. The summed E-state index contributed by atoms with van der Waals surface area (Å²) in [6.07, 6.45) is 0. The maximum Gasteiger partial charge on any atom is 0.0397 e. The molecule has 0 fully saturated rings. The third-order valence-electron chi connectivity index (χ3n) is 3.66. The van der Waals surface area contributed by atoms with Crippen molar-refractivity contribution >= 4 is 11.3 Å². The number of likely N-dealkylation sites (N-methyl/N-ethyl adjacent to an activating group) is 1. The summed E-state index contributed by atoms with van der Waals surface area (Å²) < 4.78 is 0. The van der Waals surface area contributed by atoms with Gasteiger partial charge in [0, 0.05) is 21.7 Å². The molecule has 1 aromatic heterocycles. The minimum absolute atomic E-state index is 0.400. The second kappa shape index (κ2) is 6.36. The van der Waals surface area contributed by atoms with Crippen molar-refractivity contribution in [3.63, 3.8) is 0 Å². The fourth-order valence-corrected chi connectivity index (χ4v) is 3.66. The van der Waals surface area contributed by atoms with Gasteiger partial charge in [-0.3, -0.25) is 0 Å². The average Bonchev–Trinajstić information content (AvgIpc) is 2.75. The number of thiophene rings is 1. The van der Waals surface area contributed by atoms with E-state index in [4.69, 9.17) is 0 Å². The number of aryl methyl sites for hydroxylation is 2. The molecule has 2 atom stereocenters. The minimum atomic E-state index is 0.400. The summed E-state index contributed by atoms with van der Waals surface area (Å²) in [5.74, 6) is 0.480. The van der Waals surface area contributed by atoms with Crippen molar-refractivity contribution in [1.29, 1.82) is 0 Å². The molecule has 0 radical (unpaired) electrons. The number of rotatable bonds is 5. The molecule has 0 spiro atoms. The van der Waals surface area contributed by atoms with Gasteiger partial charge in [0.1, 0.15) is 0 Å². The Bertz CT molecular complexity index is 515. The molecule has 2 rings (SSSR count). The number of hydrogen-bond donors (Lipinski definition) is 1. The van der Waals surface area contributed by atoms with Crippen molar-refractivity contribution < 1.29 is 0 Å². The molecule has 0 aliphatic carbocycles. The molecule has 0 amide bonds. The fourth-order valence-electron chi connectivity index (χ4n) is 2.68. The van der Waals surface area contributed by atoms with Crippen LogP contribution in [0.3, 0.4) is 0 Å².